The zero-order chi connectivity index (χ0) is 50.2. The van der Waals surface area contributed by atoms with Gasteiger partial charge in [-0.1, -0.05) is 50.6 Å². The Balaban J connectivity index is 1.29. The van der Waals surface area contributed by atoms with Crippen LogP contribution < -0.4 is 4.90 Å². The maximum atomic E-state index is 14.6. The molecule has 1 aliphatic carbocycles. The van der Waals surface area contributed by atoms with Gasteiger partial charge in [0.2, 0.25) is 5.79 Å². The predicted molar refractivity (Wildman–Crippen MR) is 270 cm³/mol. The van der Waals surface area contributed by atoms with Crippen LogP contribution in [-0.4, -0.2) is 121 Å². The van der Waals surface area contributed by atoms with Gasteiger partial charge in [-0.3, -0.25) is 14.4 Å². The van der Waals surface area contributed by atoms with E-state index in [0.717, 1.165) is 48.2 Å². The topological polar surface area (TPSA) is 146 Å². The van der Waals surface area contributed by atoms with E-state index in [0.29, 0.717) is 44.9 Å². The number of ketones is 2. The maximum Gasteiger partial charge on any atom is 0.329 e. The van der Waals surface area contributed by atoms with Crippen LogP contribution in [0.2, 0.25) is 0 Å². The number of amides is 1. The summed E-state index contributed by atoms with van der Waals surface area (Å²) in [5.74, 6) is -6.35. The fraction of sp³-hybridized carbons (Fsp3) is 0.643. The monoisotopic (exact) mass is 956 g/mol. The van der Waals surface area contributed by atoms with Crippen molar-refractivity contribution in [2.45, 2.75) is 167 Å². The summed E-state index contributed by atoms with van der Waals surface area (Å²) in [6.45, 7) is 18.5. The number of hydrogen-bond acceptors (Lipinski definition) is 11. The number of methoxy groups -OCH3 is 3. The number of Topliss-reactive ketones (excluding diaryl/α,β-unsaturated/α-hetero) is 2. The predicted octanol–water partition coefficient (Wildman–Crippen LogP) is 8.95. The number of nitrogens with zero attached hydrogens (tertiary/aromatic N) is 3. The van der Waals surface area contributed by atoms with Crippen LogP contribution >= 0.6 is 0 Å². The van der Waals surface area contributed by atoms with Gasteiger partial charge in [0.1, 0.15) is 24.0 Å². The molecular formula is C56H81N3O10. The maximum absolute atomic E-state index is 14.6. The Morgan fingerprint density at radius 2 is 1.65 bits per heavy atom. The second-order valence-electron chi connectivity index (χ2n) is 20.8. The summed E-state index contributed by atoms with van der Waals surface area (Å²) in [4.78, 5) is 61.2. The Labute approximate surface area is 411 Å². The summed E-state index contributed by atoms with van der Waals surface area (Å²) in [5, 5.41) is 13.4. The second kappa shape index (κ2) is 24.1. The van der Waals surface area contributed by atoms with Gasteiger partial charge in [0.05, 0.1) is 24.4 Å². The smallest absolute Gasteiger partial charge is 0.329 e. The van der Waals surface area contributed by atoms with Crippen molar-refractivity contribution in [2.24, 2.45) is 29.6 Å². The highest BCUT2D eigenvalue weighted by molar-refractivity contribution is 6.39. The lowest BCUT2D eigenvalue weighted by atomic mass is 9.80. The summed E-state index contributed by atoms with van der Waals surface area (Å²) in [6.07, 6.45) is 13.9. The Kier molecular flexibility index (Phi) is 18.9. The molecule has 13 atom stereocenters. The Bertz CT molecular complexity index is 2200. The van der Waals surface area contributed by atoms with Crippen molar-refractivity contribution < 1.29 is 48.0 Å². The first-order valence-corrected chi connectivity index (χ1v) is 25.4. The fourth-order valence-electron chi connectivity index (χ4n) is 11.8. The van der Waals surface area contributed by atoms with Gasteiger partial charge in [-0.05, 0) is 132 Å². The van der Waals surface area contributed by atoms with Crippen molar-refractivity contribution >= 4 is 40.0 Å². The number of cyclic esters (lactones) is 1. The molecule has 1 saturated carbocycles. The number of carbonyl (C=O) groups excluding carboxylic acids is 4. The van der Waals surface area contributed by atoms with E-state index in [1.807, 2.05) is 26.8 Å². The first-order chi connectivity index (χ1) is 33.0. The third kappa shape index (κ3) is 12.4. The van der Waals surface area contributed by atoms with E-state index in [2.05, 4.69) is 79.2 Å². The number of allylic oxidation sites excluding steroid dienone is 5. The average Bonchev–Trinajstić information content (AvgIpc) is 3.75. The van der Waals surface area contributed by atoms with Crippen molar-refractivity contribution in [1.29, 1.82) is 0 Å². The van der Waals surface area contributed by atoms with Gasteiger partial charge in [-0.25, -0.2) is 4.79 Å². The van der Waals surface area contributed by atoms with Gasteiger partial charge >= 0.3 is 5.97 Å². The zero-order valence-electron chi connectivity index (χ0n) is 42.9. The zero-order valence-corrected chi connectivity index (χ0v) is 42.9. The van der Waals surface area contributed by atoms with Crippen LogP contribution in [0.3, 0.4) is 0 Å². The van der Waals surface area contributed by atoms with E-state index in [9.17, 15) is 24.3 Å². The molecule has 1 amide bonds. The van der Waals surface area contributed by atoms with Crippen LogP contribution in [0, 0.1) is 29.6 Å². The molecule has 0 radical (unpaired) electrons. The third-order valence-corrected chi connectivity index (χ3v) is 15.7. The van der Waals surface area contributed by atoms with Gasteiger partial charge in [0, 0.05) is 82.5 Å². The molecule has 1 aromatic carbocycles. The van der Waals surface area contributed by atoms with E-state index in [-0.39, 0.29) is 61.0 Å². The summed E-state index contributed by atoms with van der Waals surface area (Å²) >= 11 is 0. The Hall–Kier alpha value is -4.40. The van der Waals surface area contributed by atoms with Crippen LogP contribution in [-0.2, 0) is 49.4 Å². The van der Waals surface area contributed by atoms with Crippen LogP contribution in [0.15, 0.2) is 79.1 Å². The minimum absolute atomic E-state index is 0.0603. The van der Waals surface area contributed by atoms with Crippen LogP contribution in [0.4, 0.5) is 5.69 Å². The Morgan fingerprint density at radius 1 is 0.928 bits per heavy atom. The number of benzene rings is 1. The largest absolute Gasteiger partial charge is 0.456 e. The number of anilines is 1. The molecular weight excluding hydrogens is 875 g/mol. The number of likely N-dealkylation sites (N-methyl/N-ethyl adjacent to an activating group) is 1. The Morgan fingerprint density at radius 3 is 2.35 bits per heavy atom. The summed E-state index contributed by atoms with van der Waals surface area (Å²) < 4.78 is 33.1. The number of aromatic nitrogens is 1. The van der Waals surface area contributed by atoms with Gasteiger partial charge in [0.25, 0.3) is 11.7 Å². The normalized spacial score (nSPS) is 34.8. The van der Waals surface area contributed by atoms with Crippen molar-refractivity contribution in [1.82, 2.24) is 9.47 Å². The van der Waals surface area contributed by atoms with Crippen LogP contribution in [0.25, 0.3) is 10.9 Å². The third-order valence-electron chi connectivity index (χ3n) is 15.7. The van der Waals surface area contributed by atoms with Gasteiger partial charge in [-0.15, -0.1) is 13.2 Å². The molecule has 13 nitrogen and oxygen atoms in total. The van der Waals surface area contributed by atoms with E-state index in [1.165, 1.54) is 10.3 Å². The van der Waals surface area contributed by atoms with E-state index < -0.39 is 59.8 Å². The van der Waals surface area contributed by atoms with Crippen LogP contribution in [0.1, 0.15) is 112 Å². The number of ether oxygens (including phenoxy) is 5. The number of piperidine rings is 1. The van der Waals surface area contributed by atoms with E-state index in [4.69, 9.17) is 23.7 Å². The molecule has 2 bridgehead atoms. The quantitative estimate of drug-likeness (QED) is 0.131. The molecule has 13 unspecified atom stereocenters. The molecule has 4 heterocycles. The first kappa shape index (κ1) is 53.9. The molecule has 69 heavy (non-hydrogen) atoms. The highest BCUT2D eigenvalue weighted by atomic mass is 16.7. The van der Waals surface area contributed by atoms with Gasteiger partial charge < -0.3 is 43.2 Å². The molecule has 4 aliphatic rings. The molecule has 2 aromatic rings. The number of esters is 1. The molecule has 1 aromatic heterocycles. The number of carbonyl (C=O) groups is 4. The van der Waals surface area contributed by atoms with Crippen molar-refractivity contribution in [3.8, 4) is 0 Å². The SMILES string of the molecule is C=CCC1/C=C(\C)CC(C)CC(OC)C2OC(O)(C(=O)C(=O)N3CCCCC3C(=O)OC(C(C)=CC3CCC(N(C)c4ccc5c(ccn5CC=C)c4)C(OC)C3)C(C)CCC1=O)C(C)CC2OC. The lowest BCUT2D eigenvalue weighted by Crippen LogP contribution is -2.64. The average molecular weight is 956 g/mol. The summed E-state index contributed by atoms with van der Waals surface area (Å²) in [5.41, 5.74) is 4.20. The van der Waals surface area contributed by atoms with E-state index in [1.54, 1.807) is 34.3 Å². The molecule has 380 valence electrons. The number of fused-ring (bicyclic) bond motifs is 4. The number of rotatable bonds is 11. The van der Waals surface area contributed by atoms with E-state index >= 15 is 0 Å². The number of aliphatic hydroxyl groups is 1. The van der Waals surface area contributed by atoms with Crippen molar-refractivity contribution in [3.63, 3.8) is 0 Å². The second-order valence-corrected chi connectivity index (χ2v) is 20.8. The first-order valence-electron chi connectivity index (χ1n) is 25.4. The highest BCUT2D eigenvalue weighted by Gasteiger charge is 2.56. The number of hydrogen-bond donors (Lipinski definition) is 1. The molecule has 13 heteroatoms. The molecule has 1 N–H and O–H groups in total. The van der Waals surface area contributed by atoms with Gasteiger partial charge in [0.15, 0.2) is 0 Å². The lowest BCUT2D eigenvalue weighted by molar-refractivity contribution is -0.302. The minimum atomic E-state index is -2.48. The molecule has 0 spiro atoms. The van der Waals surface area contributed by atoms with Crippen LogP contribution in [0.5, 0.6) is 0 Å². The van der Waals surface area contributed by atoms with Crippen molar-refractivity contribution in [2.75, 3.05) is 39.8 Å². The summed E-state index contributed by atoms with van der Waals surface area (Å²) in [6, 6.07) is 7.78. The molecule has 3 fully saturated rings. The molecule has 6 rings (SSSR count). The minimum Gasteiger partial charge on any atom is -0.456 e. The van der Waals surface area contributed by atoms with Crippen molar-refractivity contribution in [3.05, 3.63) is 79.1 Å². The lowest BCUT2D eigenvalue weighted by Gasteiger charge is -2.47. The standard InChI is InChI=1S/C56H81N3O10/c1-12-16-42-29-35(3)28-36(4)30-49(66-10)52-50(67-11)32-39(7)56(64,69-52)53(61)54(62)59-26-15-14-17-46(59)55(63)68-51(37(5)18-23-47(42)60)38(6)31-40-19-21-45(48(33-40)65-9)57(8)43-20-22-44-41(34-43)24-27-58(44)25-13-2/h12-13,20,22,24,27,29,31,34,36-37,39-40,42,45-46,48-52,64H,1-2,14-19,21,23,25-26,28,30,32-33H2,3-11H3/b35-29+,38-31?. The van der Waals surface area contributed by atoms with Gasteiger partial charge in [-0.2, -0.15) is 0 Å². The summed E-state index contributed by atoms with van der Waals surface area (Å²) in [7, 11) is 7.01. The fourth-order valence-corrected chi connectivity index (χ4v) is 11.8. The molecule has 2 saturated heterocycles. The molecule has 3 aliphatic heterocycles. The highest BCUT2D eigenvalue weighted by Crippen LogP contribution is 2.40.